The van der Waals surface area contributed by atoms with E-state index in [1.807, 2.05) is 0 Å². The van der Waals surface area contributed by atoms with Crippen molar-refractivity contribution in [2.75, 3.05) is 0 Å². The lowest BCUT2D eigenvalue weighted by Crippen LogP contribution is -2.12. The molecule has 0 amide bonds. The molecule has 0 spiro atoms. The normalized spacial score (nSPS) is 11.0. The Labute approximate surface area is 197 Å². The van der Waals surface area contributed by atoms with Crippen molar-refractivity contribution in [2.24, 2.45) is 0 Å². The summed E-state index contributed by atoms with van der Waals surface area (Å²) in [6.45, 7) is 1.64. The Morgan fingerprint density at radius 2 is 1.91 bits per heavy atom. The molecular formula is C24H18N4O7. The minimum atomic E-state index is -0.897. The lowest BCUT2D eigenvalue weighted by molar-refractivity contribution is -0.384. The van der Waals surface area contributed by atoms with E-state index in [4.69, 9.17) is 9.15 Å². The number of carbonyl (C=O) groups is 1. The number of carbonyl (C=O) groups excluding carboxylic acids is 1. The molecule has 1 N–H and O–H groups in total. The molecule has 0 bridgehead atoms. The van der Waals surface area contributed by atoms with Gasteiger partial charge in [0.1, 0.15) is 35.1 Å². The lowest BCUT2D eigenvalue weighted by atomic mass is 10.1. The summed E-state index contributed by atoms with van der Waals surface area (Å²) in [6, 6.07) is 13.9. The molecule has 2 heterocycles. The first-order chi connectivity index (χ1) is 16.8. The first-order valence-electron chi connectivity index (χ1n) is 10.3. The molecule has 2 aromatic carbocycles. The van der Waals surface area contributed by atoms with Crippen molar-refractivity contribution in [3.8, 4) is 17.2 Å². The van der Waals surface area contributed by atoms with Crippen molar-refractivity contribution in [1.82, 2.24) is 15.0 Å². The highest BCUT2D eigenvalue weighted by Gasteiger charge is 2.15. The molecule has 0 fully saturated rings. The Morgan fingerprint density at radius 3 is 2.57 bits per heavy atom. The molecule has 11 heteroatoms. The summed E-state index contributed by atoms with van der Waals surface area (Å²) in [5.41, 5.74) is 0.510. The Morgan fingerprint density at radius 1 is 1.20 bits per heavy atom. The third-order valence-electron chi connectivity index (χ3n) is 4.86. The summed E-state index contributed by atoms with van der Waals surface area (Å²) in [4.78, 5) is 34.4. The van der Waals surface area contributed by atoms with Gasteiger partial charge in [0.05, 0.1) is 16.8 Å². The number of non-ortho nitro benzene ring substituents is 1. The molecule has 0 unspecified atom stereocenters. The van der Waals surface area contributed by atoms with Crippen molar-refractivity contribution in [3.05, 3.63) is 110 Å². The molecule has 0 aliphatic heterocycles. The van der Waals surface area contributed by atoms with Crippen LogP contribution in [0, 0.1) is 17.0 Å². The second-order valence-corrected chi connectivity index (χ2v) is 7.39. The highest BCUT2D eigenvalue weighted by Crippen LogP contribution is 2.18. The second-order valence-electron chi connectivity index (χ2n) is 7.39. The number of aromatic hydroxyl groups is 1. The molecule has 0 saturated carbocycles. The lowest BCUT2D eigenvalue weighted by Gasteiger charge is -2.04. The smallest absolute Gasteiger partial charge is 0.351 e. The van der Waals surface area contributed by atoms with Crippen LogP contribution in [0.5, 0.6) is 11.5 Å². The highest BCUT2D eigenvalue weighted by molar-refractivity contribution is 6.08. The van der Waals surface area contributed by atoms with Gasteiger partial charge in [0.15, 0.2) is 5.78 Å². The first-order valence-corrected chi connectivity index (χ1v) is 10.3. The number of allylic oxidation sites excluding steroid dienone is 1. The SMILES string of the molecule is Cc1cc(O)c(C(=O)/C=C/c2ccc(OCc3cn(-c4ccc([N+](=O)[O-])cc4)nn3)cc2)c(=O)o1. The van der Waals surface area contributed by atoms with Crippen LogP contribution in [0.4, 0.5) is 5.69 Å². The quantitative estimate of drug-likeness (QED) is 0.175. The van der Waals surface area contributed by atoms with Crippen LogP contribution in [0.1, 0.15) is 27.4 Å². The molecule has 0 radical (unpaired) electrons. The summed E-state index contributed by atoms with van der Waals surface area (Å²) < 4.78 is 12.0. The number of nitrogens with zero attached hydrogens (tertiary/aromatic N) is 4. The van der Waals surface area contributed by atoms with Crippen molar-refractivity contribution in [2.45, 2.75) is 13.5 Å². The Bertz CT molecular complexity index is 1470. The zero-order chi connectivity index (χ0) is 24.9. The van der Waals surface area contributed by atoms with E-state index in [9.17, 15) is 24.8 Å². The van der Waals surface area contributed by atoms with Gasteiger partial charge < -0.3 is 14.3 Å². The Balaban J connectivity index is 1.36. The number of nitro groups is 1. The molecule has 0 saturated heterocycles. The molecule has 0 aliphatic rings. The van der Waals surface area contributed by atoms with Crippen molar-refractivity contribution < 1.29 is 24.0 Å². The fraction of sp³-hybridized carbons (Fsp3) is 0.0833. The number of hydrogen-bond donors (Lipinski definition) is 1. The average Bonchev–Trinajstić information content (AvgIpc) is 3.30. The van der Waals surface area contributed by atoms with Gasteiger partial charge in [-0.1, -0.05) is 23.4 Å². The molecule has 0 aliphatic carbocycles. The van der Waals surface area contributed by atoms with Gasteiger partial charge in [0, 0.05) is 18.2 Å². The molecular weight excluding hydrogens is 456 g/mol. The van der Waals surface area contributed by atoms with Gasteiger partial charge in [-0.05, 0) is 42.8 Å². The molecule has 176 valence electrons. The third kappa shape index (κ3) is 5.47. The third-order valence-corrected chi connectivity index (χ3v) is 4.86. The van der Waals surface area contributed by atoms with Gasteiger partial charge in [-0.3, -0.25) is 14.9 Å². The fourth-order valence-electron chi connectivity index (χ4n) is 3.13. The van der Waals surface area contributed by atoms with Gasteiger partial charge in [-0.15, -0.1) is 5.10 Å². The molecule has 35 heavy (non-hydrogen) atoms. The number of benzene rings is 2. The van der Waals surface area contributed by atoms with E-state index in [0.29, 0.717) is 22.7 Å². The first kappa shape index (κ1) is 23.1. The number of hydrogen-bond acceptors (Lipinski definition) is 9. The summed E-state index contributed by atoms with van der Waals surface area (Å²) in [5, 5.41) is 28.7. The fourth-order valence-corrected chi connectivity index (χ4v) is 3.13. The van der Waals surface area contributed by atoms with Gasteiger partial charge in [0.2, 0.25) is 0 Å². The summed E-state index contributed by atoms with van der Waals surface area (Å²) in [6.07, 6.45) is 4.33. The Kier molecular flexibility index (Phi) is 6.49. The topological polar surface area (TPSA) is 151 Å². The zero-order valence-corrected chi connectivity index (χ0v) is 18.3. The van der Waals surface area contributed by atoms with Crippen LogP contribution in [-0.4, -0.2) is 30.8 Å². The Hall–Kier alpha value is -5.06. The number of ketones is 1. The van der Waals surface area contributed by atoms with E-state index >= 15 is 0 Å². The van der Waals surface area contributed by atoms with E-state index in [-0.39, 0.29) is 18.1 Å². The predicted molar refractivity (Wildman–Crippen MR) is 124 cm³/mol. The molecule has 0 atom stereocenters. The number of aryl methyl sites for hydroxylation is 1. The van der Waals surface area contributed by atoms with Crippen LogP contribution < -0.4 is 10.4 Å². The van der Waals surface area contributed by atoms with Gasteiger partial charge in [-0.25, -0.2) is 9.48 Å². The van der Waals surface area contributed by atoms with E-state index in [1.165, 1.54) is 42.0 Å². The predicted octanol–water partition coefficient (Wildman–Crippen LogP) is 3.62. The van der Waals surface area contributed by atoms with Gasteiger partial charge >= 0.3 is 5.63 Å². The van der Waals surface area contributed by atoms with E-state index < -0.39 is 27.6 Å². The van der Waals surface area contributed by atoms with Crippen LogP contribution in [0.25, 0.3) is 11.8 Å². The highest BCUT2D eigenvalue weighted by atomic mass is 16.6. The zero-order valence-electron chi connectivity index (χ0n) is 18.3. The molecule has 4 aromatic rings. The number of ether oxygens (including phenoxy) is 1. The number of rotatable bonds is 8. The monoisotopic (exact) mass is 474 g/mol. The van der Waals surface area contributed by atoms with Crippen LogP contribution in [0.15, 0.2) is 76.1 Å². The number of aromatic nitrogens is 3. The maximum Gasteiger partial charge on any atom is 0.351 e. The molecule has 4 rings (SSSR count). The summed E-state index contributed by atoms with van der Waals surface area (Å²) in [5.74, 6) is -0.344. The van der Waals surface area contributed by atoms with Crippen LogP contribution in [0.3, 0.4) is 0 Å². The van der Waals surface area contributed by atoms with Gasteiger partial charge in [0.25, 0.3) is 5.69 Å². The van der Waals surface area contributed by atoms with Gasteiger partial charge in [-0.2, -0.15) is 0 Å². The standard InChI is InChI=1S/C24H18N4O7/c1-15-12-22(30)23(24(31)35-15)21(29)11-4-16-2-9-20(10-3-16)34-14-17-13-27(26-25-17)18-5-7-19(8-6-18)28(32)33/h2-13,30H,14H2,1H3/b11-4+. The van der Waals surface area contributed by atoms with Crippen LogP contribution in [0.2, 0.25) is 0 Å². The van der Waals surface area contributed by atoms with Crippen molar-refractivity contribution in [1.29, 1.82) is 0 Å². The molecule has 11 nitrogen and oxygen atoms in total. The van der Waals surface area contributed by atoms with Crippen molar-refractivity contribution in [3.63, 3.8) is 0 Å². The minimum absolute atomic E-state index is 0.0148. The van der Waals surface area contributed by atoms with E-state index in [0.717, 1.165) is 0 Å². The largest absolute Gasteiger partial charge is 0.507 e. The second kappa shape index (κ2) is 9.83. The average molecular weight is 474 g/mol. The van der Waals surface area contributed by atoms with Crippen LogP contribution >= 0.6 is 0 Å². The summed E-state index contributed by atoms with van der Waals surface area (Å²) in [7, 11) is 0. The van der Waals surface area contributed by atoms with Crippen LogP contribution in [-0.2, 0) is 6.61 Å². The minimum Gasteiger partial charge on any atom is -0.507 e. The van der Waals surface area contributed by atoms with E-state index in [1.54, 1.807) is 42.6 Å². The summed E-state index contributed by atoms with van der Waals surface area (Å²) >= 11 is 0. The molecule has 2 aromatic heterocycles. The maximum absolute atomic E-state index is 12.3. The maximum atomic E-state index is 12.3. The number of nitro benzene ring substituents is 1. The van der Waals surface area contributed by atoms with Crippen molar-refractivity contribution >= 4 is 17.5 Å². The van der Waals surface area contributed by atoms with E-state index in [2.05, 4.69) is 10.3 Å².